The Morgan fingerprint density at radius 2 is 1.22 bits per heavy atom. The van der Waals surface area contributed by atoms with E-state index < -0.39 is 74.6 Å². The smallest absolute Gasteiger partial charge is 0.187 e. The molecule has 0 saturated carbocycles. The lowest BCUT2D eigenvalue weighted by atomic mass is 9.97. The molecule has 2 aliphatic rings. The van der Waals surface area contributed by atoms with Gasteiger partial charge in [-0.1, -0.05) is 0 Å². The molecular formula is C12H22O11. The molecule has 23 heavy (non-hydrogen) atoms. The zero-order chi connectivity index (χ0) is 17.3. The van der Waals surface area contributed by atoms with Gasteiger partial charge in [-0.25, -0.2) is 0 Å². The van der Waals surface area contributed by atoms with Gasteiger partial charge >= 0.3 is 0 Å². The van der Waals surface area contributed by atoms with E-state index in [1.807, 2.05) is 0 Å². The summed E-state index contributed by atoms with van der Waals surface area (Å²) >= 11 is 0. The predicted octanol–water partition coefficient (Wildman–Crippen LogP) is -5.40. The molecule has 0 aromatic rings. The second-order valence-electron chi connectivity index (χ2n) is 5.53. The van der Waals surface area contributed by atoms with E-state index in [4.69, 9.17) is 24.4 Å². The summed E-state index contributed by atoms with van der Waals surface area (Å²) in [5.41, 5.74) is 0. The van der Waals surface area contributed by atoms with E-state index in [-0.39, 0.29) is 0 Å². The van der Waals surface area contributed by atoms with Gasteiger partial charge in [-0.15, -0.1) is 0 Å². The van der Waals surface area contributed by atoms with Crippen LogP contribution in [0.15, 0.2) is 0 Å². The number of rotatable bonds is 4. The summed E-state index contributed by atoms with van der Waals surface area (Å²) in [7, 11) is 0. The molecule has 0 radical (unpaired) electrons. The minimum atomic E-state index is -1.76. The molecule has 0 spiro atoms. The summed E-state index contributed by atoms with van der Waals surface area (Å²) in [5, 5.41) is 76.8. The molecule has 10 atom stereocenters. The van der Waals surface area contributed by atoms with E-state index in [2.05, 4.69) is 0 Å². The maximum atomic E-state index is 10.00. The van der Waals surface area contributed by atoms with E-state index in [9.17, 15) is 30.6 Å². The Bertz CT molecular complexity index is 380. The van der Waals surface area contributed by atoms with Crippen LogP contribution in [0.3, 0.4) is 0 Å². The SMILES string of the molecule is OC[C@H]1O[C@@H](O[C@@H]2[C@H](O)[C@H](O)O[C@H](CO)[C@H]2O)[C@H](O)[C@@H](O)[C@H]1O. The molecular weight excluding hydrogens is 320 g/mol. The average Bonchev–Trinajstić information content (AvgIpc) is 2.54. The zero-order valence-corrected chi connectivity index (χ0v) is 12.0. The molecule has 2 heterocycles. The van der Waals surface area contributed by atoms with Crippen molar-refractivity contribution in [2.24, 2.45) is 0 Å². The van der Waals surface area contributed by atoms with Gasteiger partial charge in [0.2, 0.25) is 0 Å². The lowest BCUT2D eigenvalue weighted by molar-refractivity contribution is -0.355. The van der Waals surface area contributed by atoms with Gasteiger partial charge in [0, 0.05) is 0 Å². The number of aliphatic hydroxyl groups excluding tert-OH is 8. The minimum Gasteiger partial charge on any atom is -0.394 e. The number of aliphatic hydroxyl groups is 8. The van der Waals surface area contributed by atoms with Gasteiger partial charge in [-0.2, -0.15) is 0 Å². The van der Waals surface area contributed by atoms with Crippen molar-refractivity contribution in [1.82, 2.24) is 0 Å². The normalized spacial score (nSPS) is 51.7. The van der Waals surface area contributed by atoms with Gasteiger partial charge in [0.05, 0.1) is 13.2 Å². The van der Waals surface area contributed by atoms with Gasteiger partial charge in [-0.05, 0) is 0 Å². The highest BCUT2D eigenvalue weighted by Gasteiger charge is 2.50. The zero-order valence-electron chi connectivity index (χ0n) is 12.0. The summed E-state index contributed by atoms with van der Waals surface area (Å²) in [5.74, 6) is 0. The molecule has 0 unspecified atom stereocenters. The van der Waals surface area contributed by atoms with Crippen LogP contribution in [0.4, 0.5) is 0 Å². The average molecular weight is 342 g/mol. The second kappa shape index (κ2) is 7.63. The van der Waals surface area contributed by atoms with Crippen molar-refractivity contribution in [2.45, 2.75) is 61.4 Å². The first kappa shape index (κ1) is 18.9. The first-order valence-corrected chi connectivity index (χ1v) is 7.08. The summed E-state index contributed by atoms with van der Waals surface area (Å²) < 4.78 is 15.1. The number of ether oxygens (including phenoxy) is 3. The van der Waals surface area contributed by atoms with Crippen molar-refractivity contribution >= 4 is 0 Å². The van der Waals surface area contributed by atoms with E-state index in [0.29, 0.717) is 0 Å². The van der Waals surface area contributed by atoms with Crippen LogP contribution < -0.4 is 0 Å². The second-order valence-corrected chi connectivity index (χ2v) is 5.53. The summed E-state index contributed by atoms with van der Waals surface area (Å²) in [6, 6.07) is 0. The van der Waals surface area contributed by atoms with Crippen LogP contribution in [0.1, 0.15) is 0 Å². The predicted molar refractivity (Wildman–Crippen MR) is 68.6 cm³/mol. The van der Waals surface area contributed by atoms with Gasteiger partial charge in [-0.3, -0.25) is 0 Å². The van der Waals surface area contributed by atoms with Crippen molar-refractivity contribution < 1.29 is 55.1 Å². The molecule has 2 aliphatic heterocycles. The van der Waals surface area contributed by atoms with Crippen molar-refractivity contribution in [1.29, 1.82) is 0 Å². The molecule has 8 N–H and O–H groups in total. The van der Waals surface area contributed by atoms with Crippen LogP contribution in [-0.2, 0) is 14.2 Å². The molecule has 136 valence electrons. The lowest BCUT2D eigenvalue weighted by Gasteiger charge is -2.45. The number of hydrogen-bond donors (Lipinski definition) is 8. The number of hydrogen-bond acceptors (Lipinski definition) is 11. The third kappa shape index (κ3) is 3.65. The van der Waals surface area contributed by atoms with Gasteiger partial charge < -0.3 is 55.1 Å². The first-order chi connectivity index (χ1) is 10.8. The Labute approximate surface area is 130 Å². The van der Waals surface area contributed by atoms with E-state index in [0.717, 1.165) is 0 Å². The fourth-order valence-corrected chi connectivity index (χ4v) is 2.56. The fourth-order valence-electron chi connectivity index (χ4n) is 2.56. The highest BCUT2D eigenvalue weighted by atomic mass is 16.7. The molecule has 0 amide bonds. The lowest BCUT2D eigenvalue weighted by Crippen LogP contribution is -2.64. The molecule has 11 nitrogen and oxygen atoms in total. The standard InChI is InChI=1S/C12H22O11/c13-1-3-5(15)7(17)8(18)12(22-3)23-10-6(16)4(2-14)21-11(20)9(10)19/h3-20H,1-2H2/t3-,4-,5+,6-,7+,8-,9+,10+,11-,12+/m1/s1. The molecule has 0 aliphatic carbocycles. The van der Waals surface area contributed by atoms with Gasteiger partial charge in [0.25, 0.3) is 0 Å². The quantitative estimate of drug-likeness (QED) is 0.243. The highest BCUT2D eigenvalue weighted by molar-refractivity contribution is 4.93. The summed E-state index contributed by atoms with van der Waals surface area (Å²) in [4.78, 5) is 0. The van der Waals surface area contributed by atoms with Crippen LogP contribution >= 0.6 is 0 Å². The molecule has 0 bridgehead atoms. The summed E-state index contributed by atoms with van der Waals surface area (Å²) in [6.07, 6.45) is -15.7. The third-order valence-corrected chi connectivity index (χ3v) is 3.98. The third-order valence-electron chi connectivity index (χ3n) is 3.98. The van der Waals surface area contributed by atoms with E-state index in [1.54, 1.807) is 0 Å². The minimum absolute atomic E-state index is 0.667. The molecule has 2 fully saturated rings. The highest BCUT2D eigenvalue weighted by Crippen LogP contribution is 2.28. The van der Waals surface area contributed by atoms with Crippen LogP contribution in [0.5, 0.6) is 0 Å². The maximum absolute atomic E-state index is 10.00. The fraction of sp³-hybridized carbons (Fsp3) is 1.00. The molecule has 0 aromatic carbocycles. The Morgan fingerprint density at radius 3 is 1.78 bits per heavy atom. The van der Waals surface area contributed by atoms with Gasteiger partial charge in [0.1, 0.15) is 48.8 Å². The summed E-state index contributed by atoms with van der Waals surface area (Å²) in [6.45, 7) is -1.34. The maximum Gasteiger partial charge on any atom is 0.187 e. The molecule has 0 aromatic heterocycles. The molecule has 2 rings (SSSR count). The largest absolute Gasteiger partial charge is 0.394 e. The first-order valence-electron chi connectivity index (χ1n) is 7.08. The van der Waals surface area contributed by atoms with E-state index >= 15 is 0 Å². The van der Waals surface area contributed by atoms with Crippen LogP contribution in [-0.4, -0.2) is 115 Å². The van der Waals surface area contributed by atoms with Crippen LogP contribution in [0.2, 0.25) is 0 Å². The van der Waals surface area contributed by atoms with Gasteiger partial charge in [0.15, 0.2) is 12.6 Å². The van der Waals surface area contributed by atoms with Crippen molar-refractivity contribution in [2.75, 3.05) is 13.2 Å². The van der Waals surface area contributed by atoms with Crippen molar-refractivity contribution in [3.05, 3.63) is 0 Å². The Morgan fingerprint density at radius 1 is 0.652 bits per heavy atom. The molecule has 11 heteroatoms. The van der Waals surface area contributed by atoms with Crippen molar-refractivity contribution in [3.63, 3.8) is 0 Å². The topological polar surface area (TPSA) is 190 Å². The van der Waals surface area contributed by atoms with Crippen LogP contribution in [0.25, 0.3) is 0 Å². The Kier molecular flexibility index (Phi) is 6.27. The van der Waals surface area contributed by atoms with Crippen molar-refractivity contribution in [3.8, 4) is 0 Å². The Balaban J connectivity index is 2.11. The van der Waals surface area contributed by atoms with Crippen LogP contribution in [0, 0.1) is 0 Å². The van der Waals surface area contributed by atoms with E-state index in [1.165, 1.54) is 0 Å². The monoisotopic (exact) mass is 342 g/mol. The molecule has 2 saturated heterocycles. The Hall–Kier alpha value is -0.440.